The molecule has 0 spiro atoms. The minimum atomic E-state index is -0.673. The number of ether oxygens (including phenoxy) is 2. The Kier molecular flexibility index (Phi) is 5.87. The van der Waals surface area contributed by atoms with Gasteiger partial charge in [-0.3, -0.25) is 0 Å². The van der Waals surface area contributed by atoms with E-state index < -0.39 is 12.1 Å². The summed E-state index contributed by atoms with van der Waals surface area (Å²) in [5, 5.41) is 0. The fourth-order valence-corrected chi connectivity index (χ4v) is 5.07. The molecule has 5 nitrogen and oxygen atoms in total. The summed E-state index contributed by atoms with van der Waals surface area (Å²) in [6.45, 7) is 17.4. The average molecular weight is 439 g/mol. The van der Waals surface area contributed by atoms with Crippen molar-refractivity contribution < 1.29 is 18.3 Å². The Bertz CT molecular complexity index is 1190. The van der Waals surface area contributed by atoms with Crippen LogP contribution in [0.25, 0.3) is 11.2 Å². The highest BCUT2D eigenvalue weighted by molar-refractivity contribution is 5.76. The lowest BCUT2D eigenvalue weighted by Crippen LogP contribution is -2.21. The fraction of sp³-hybridized carbons (Fsp3) is 0.519. The van der Waals surface area contributed by atoms with E-state index >= 15 is 0 Å². The molecule has 0 radical (unpaired) electrons. The third-order valence-electron chi connectivity index (χ3n) is 6.51. The molecule has 2 unspecified atom stereocenters. The zero-order valence-corrected chi connectivity index (χ0v) is 20.4. The van der Waals surface area contributed by atoms with Crippen LogP contribution in [0.15, 0.2) is 31.8 Å². The second-order valence-electron chi connectivity index (χ2n) is 9.95. The highest BCUT2D eigenvalue weighted by atomic mass is 16.7. The molecule has 4 rings (SSSR count). The van der Waals surface area contributed by atoms with Gasteiger partial charge in [0.05, 0.1) is 0 Å². The van der Waals surface area contributed by atoms with Crippen molar-refractivity contribution >= 4 is 11.2 Å². The molecule has 0 fully saturated rings. The van der Waals surface area contributed by atoms with Gasteiger partial charge in [-0.1, -0.05) is 54.5 Å². The Morgan fingerprint density at radius 1 is 0.844 bits per heavy atom. The first-order valence-electron chi connectivity index (χ1n) is 11.7. The standard InChI is InChI=1S/C27H34O5/c1-13(2)18-9-10-20-26(32-27(28)30-20)24(18)16(7)11-22-29-21-12-19(14(3)4)23(15(5)6)17(8)25(21)31-22/h9-10,12-16,22H,11H2,1-8H3. The van der Waals surface area contributed by atoms with Crippen molar-refractivity contribution in [1.82, 2.24) is 0 Å². The molecule has 0 aliphatic carbocycles. The van der Waals surface area contributed by atoms with Crippen LogP contribution in [-0.4, -0.2) is 6.29 Å². The van der Waals surface area contributed by atoms with Crippen molar-refractivity contribution in [3.8, 4) is 11.5 Å². The minimum absolute atomic E-state index is 0.0469. The fourth-order valence-electron chi connectivity index (χ4n) is 5.07. The van der Waals surface area contributed by atoms with E-state index in [0.29, 0.717) is 29.4 Å². The second kappa shape index (κ2) is 8.34. The number of rotatable bonds is 6. The van der Waals surface area contributed by atoms with Crippen molar-refractivity contribution in [1.29, 1.82) is 0 Å². The number of hydrogen-bond donors (Lipinski definition) is 0. The van der Waals surface area contributed by atoms with Crippen LogP contribution in [0.1, 0.15) is 106 Å². The first-order valence-corrected chi connectivity index (χ1v) is 11.7. The van der Waals surface area contributed by atoms with Gasteiger partial charge in [0.1, 0.15) is 0 Å². The quantitative estimate of drug-likeness (QED) is 0.402. The maximum absolute atomic E-state index is 11.8. The highest BCUT2D eigenvalue weighted by Gasteiger charge is 2.32. The molecule has 0 saturated carbocycles. The van der Waals surface area contributed by atoms with Gasteiger partial charge in [-0.25, -0.2) is 4.79 Å². The molecule has 2 aromatic carbocycles. The molecule has 2 heterocycles. The molecule has 1 aliphatic heterocycles. The molecule has 0 amide bonds. The summed E-state index contributed by atoms with van der Waals surface area (Å²) in [6.07, 6.45) is 0.241. The molecule has 0 saturated heterocycles. The van der Waals surface area contributed by atoms with Crippen LogP contribution in [0.4, 0.5) is 0 Å². The number of benzene rings is 2. The molecule has 5 heteroatoms. The first-order chi connectivity index (χ1) is 15.1. The molecular weight excluding hydrogens is 404 g/mol. The van der Waals surface area contributed by atoms with Crippen molar-refractivity contribution in [3.05, 3.63) is 56.6 Å². The van der Waals surface area contributed by atoms with Crippen LogP contribution in [0, 0.1) is 6.92 Å². The summed E-state index contributed by atoms with van der Waals surface area (Å²) in [5.41, 5.74) is 6.99. The van der Waals surface area contributed by atoms with Gasteiger partial charge < -0.3 is 18.3 Å². The molecule has 172 valence electrons. The summed E-state index contributed by atoms with van der Waals surface area (Å²) in [6, 6.07) is 5.99. The Hall–Kier alpha value is -2.69. The normalized spacial score (nSPS) is 16.7. The van der Waals surface area contributed by atoms with Gasteiger partial charge in [-0.2, -0.15) is 0 Å². The van der Waals surface area contributed by atoms with E-state index in [1.807, 2.05) is 12.1 Å². The van der Waals surface area contributed by atoms with E-state index in [-0.39, 0.29) is 11.8 Å². The molecule has 0 bridgehead atoms. The number of hydrogen-bond acceptors (Lipinski definition) is 5. The summed E-state index contributed by atoms with van der Waals surface area (Å²) in [7, 11) is 0. The van der Waals surface area contributed by atoms with Crippen LogP contribution in [0.3, 0.4) is 0 Å². The molecule has 3 aromatic rings. The second-order valence-corrected chi connectivity index (χ2v) is 9.95. The third-order valence-corrected chi connectivity index (χ3v) is 6.51. The van der Waals surface area contributed by atoms with Gasteiger partial charge >= 0.3 is 5.82 Å². The Balaban J connectivity index is 1.67. The molecular formula is C27H34O5. The monoisotopic (exact) mass is 438 g/mol. The van der Waals surface area contributed by atoms with Gasteiger partial charge in [0.25, 0.3) is 0 Å². The van der Waals surface area contributed by atoms with E-state index in [1.165, 1.54) is 16.7 Å². The van der Waals surface area contributed by atoms with Crippen molar-refractivity contribution in [2.75, 3.05) is 0 Å². The first kappa shape index (κ1) is 22.5. The van der Waals surface area contributed by atoms with Crippen molar-refractivity contribution in [2.24, 2.45) is 0 Å². The van der Waals surface area contributed by atoms with Crippen molar-refractivity contribution in [3.63, 3.8) is 0 Å². The van der Waals surface area contributed by atoms with Crippen LogP contribution in [0.2, 0.25) is 0 Å². The lowest BCUT2D eigenvalue weighted by atomic mass is 9.86. The van der Waals surface area contributed by atoms with E-state index in [4.69, 9.17) is 18.3 Å². The molecule has 1 aromatic heterocycles. The largest absolute Gasteiger partial charge is 0.519 e. The van der Waals surface area contributed by atoms with E-state index in [9.17, 15) is 4.79 Å². The Morgan fingerprint density at radius 2 is 1.53 bits per heavy atom. The summed E-state index contributed by atoms with van der Waals surface area (Å²) in [5.74, 6) is 2.16. The molecule has 1 aliphatic rings. The van der Waals surface area contributed by atoms with Gasteiger partial charge in [0.15, 0.2) is 22.7 Å². The molecule has 2 atom stereocenters. The van der Waals surface area contributed by atoms with E-state index in [0.717, 1.165) is 22.6 Å². The number of fused-ring (bicyclic) bond motifs is 2. The summed E-state index contributed by atoms with van der Waals surface area (Å²) >= 11 is 0. The highest BCUT2D eigenvalue weighted by Crippen LogP contribution is 2.46. The van der Waals surface area contributed by atoms with E-state index in [2.05, 4.69) is 61.5 Å². The van der Waals surface area contributed by atoms with Crippen LogP contribution < -0.4 is 15.3 Å². The maximum Gasteiger partial charge on any atom is 0.519 e. The maximum atomic E-state index is 11.8. The Labute approximate surface area is 189 Å². The lowest BCUT2D eigenvalue weighted by molar-refractivity contribution is 0.0364. The lowest BCUT2D eigenvalue weighted by Gasteiger charge is -2.21. The topological polar surface area (TPSA) is 61.8 Å². The average Bonchev–Trinajstić information content (AvgIpc) is 3.28. The third kappa shape index (κ3) is 3.82. The predicted molar refractivity (Wildman–Crippen MR) is 126 cm³/mol. The van der Waals surface area contributed by atoms with Crippen molar-refractivity contribution in [2.45, 2.75) is 91.8 Å². The van der Waals surface area contributed by atoms with Crippen LogP contribution >= 0.6 is 0 Å². The van der Waals surface area contributed by atoms with Gasteiger partial charge in [-0.05, 0) is 65.0 Å². The SMILES string of the molecule is Cc1c2c(cc(C(C)C)c1C(C)C)OC(CC(C)c1c(C(C)C)ccc3oc(=O)oc13)O2. The van der Waals surface area contributed by atoms with Crippen LogP contribution in [-0.2, 0) is 0 Å². The zero-order chi connectivity index (χ0) is 23.3. The van der Waals surface area contributed by atoms with Gasteiger partial charge in [0.2, 0.25) is 6.29 Å². The van der Waals surface area contributed by atoms with E-state index in [1.54, 1.807) is 0 Å². The summed E-state index contributed by atoms with van der Waals surface area (Å²) in [4.78, 5) is 11.8. The molecule has 32 heavy (non-hydrogen) atoms. The smallest absolute Gasteiger partial charge is 0.451 e. The minimum Gasteiger partial charge on any atom is -0.451 e. The Morgan fingerprint density at radius 3 is 2.16 bits per heavy atom. The van der Waals surface area contributed by atoms with Gasteiger partial charge in [0, 0.05) is 12.0 Å². The zero-order valence-electron chi connectivity index (χ0n) is 20.4. The molecule has 0 N–H and O–H groups in total. The van der Waals surface area contributed by atoms with Crippen LogP contribution in [0.5, 0.6) is 11.5 Å². The predicted octanol–water partition coefficient (Wildman–Crippen LogP) is 7.36. The van der Waals surface area contributed by atoms with Gasteiger partial charge in [-0.15, -0.1) is 0 Å². The summed E-state index contributed by atoms with van der Waals surface area (Å²) < 4.78 is 23.3.